The fraction of sp³-hybridized carbons (Fsp3) is 0.300. The highest BCUT2D eigenvalue weighted by molar-refractivity contribution is 5.89. The van der Waals surface area contributed by atoms with E-state index in [-0.39, 0.29) is 24.2 Å². The molecule has 0 bridgehead atoms. The summed E-state index contributed by atoms with van der Waals surface area (Å²) >= 11 is 0. The normalized spacial score (nSPS) is 11.8. The highest BCUT2D eigenvalue weighted by Gasteiger charge is 2.22. The Morgan fingerprint density at radius 2 is 1.61 bits per heavy atom. The Morgan fingerprint density at radius 1 is 0.947 bits per heavy atom. The van der Waals surface area contributed by atoms with Gasteiger partial charge in [0.1, 0.15) is 30.0 Å². The molecule has 0 aliphatic carbocycles. The predicted octanol–water partition coefficient (Wildman–Crippen LogP) is 5.08. The molecule has 0 radical (unpaired) electrons. The SMILES string of the molecule is Cc1cccc(C)c1OCC(=O)N[C@H](CC(C)C)C(=O)N/N=C\c1ccc(OCc2ccc(F)cc2)cc1. The smallest absolute Gasteiger partial charge is 0.262 e. The summed E-state index contributed by atoms with van der Waals surface area (Å²) in [4.78, 5) is 25.3. The van der Waals surface area contributed by atoms with Crippen LogP contribution in [-0.2, 0) is 16.2 Å². The van der Waals surface area contributed by atoms with Crippen molar-refractivity contribution in [2.24, 2.45) is 11.0 Å². The third-order valence-corrected chi connectivity index (χ3v) is 5.70. The van der Waals surface area contributed by atoms with Crippen LogP contribution >= 0.6 is 0 Å². The van der Waals surface area contributed by atoms with Crippen molar-refractivity contribution in [1.82, 2.24) is 10.7 Å². The Bertz CT molecular complexity index is 1220. The number of carbonyl (C=O) groups is 2. The van der Waals surface area contributed by atoms with E-state index < -0.39 is 11.9 Å². The number of aryl methyl sites for hydroxylation is 2. The molecule has 7 nitrogen and oxygen atoms in total. The average Bonchev–Trinajstić information content (AvgIpc) is 2.88. The van der Waals surface area contributed by atoms with E-state index in [1.54, 1.807) is 36.4 Å². The molecule has 3 aromatic carbocycles. The molecular formula is C30H34FN3O4. The molecular weight excluding hydrogens is 485 g/mol. The summed E-state index contributed by atoms with van der Waals surface area (Å²) in [6, 6.07) is 18.3. The average molecular weight is 520 g/mol. The van der Waals surface area contributed by atoms with Crippen molar-refractivity contribution in [2.75, 3.05) is 6.61 Å². The van der Waals surface area contributed by atoms with Gasteiger partial charge in [-0.2, -0.15) is 5.10 Å². The third-order valence-electron chi connectivity index (χ3n) is 5.70. The lowest BCUT2D eigenvalue weighted by atomic mass is 10.0. The van der Waals surface area contributed by atoms with Crippen LogP contribution in [-0.4, -0.2) is 30.7 Å². The summed E-state index contributed by atoms with van der Waals surface area (Å²) in [7, 11) is 0. The number of benzene rings is 3. The number of hydrogen-bond donors (Lipinski definition) is 2. The maximum Gasteiger partial charge on any atom is 0.262 e. The number of hydrogen-bond acceptors (Lipinski definition) is 5. The van der Waals surface area contributed by atoms with Gasteiger partial charge in [0.15, 0.2) is 6.61 Å². The Balaban J connectivity index is 1.50. The number of halogens is 1. The van der Waals surface area contributed by atoms with Gasteiger partial charge in [0.25, 0.3) is 11.8 Å². The third kappa shape index (κ3) is 9.03. The first-order chi connectivity index (χ1) is 18.2. The van der Waals surface area contributed by atoms with Crippen LogP contribution in [0, 0.1) is 25.6 Å². The lowest BCUT2D eigenvalue weighted by Gasteiger charge is -2.19. The van der Waals surface area contributed by atoms with Crippen LogP contribution in [0.1, 0.15) is 42.5 Å². The van der Waals surface area contributed by atoms with Crippen molar-refractivity contribution >= 4 is 18.0 Å². The molecule has 8 heteroatoms. The number of ether oxygens (including phenoxy) is 2. The topological polar surface area (TPSA) is 89.0 Å². The van der Waals surface area contributed by atoms with E-state index in [0.717, 1.165) is 22.3 Å². The first kappa shape index (κ1) is 28.4. The van der Waals surface area contributed by atoms with Gasteiger partial charge in [0, 0.05) is 0 Å². The van der Waals surface area contributed by atoms with Crippen LogP contribution in [0.15, 0.2) is 71.8 Å². The second-order valence-electron chi connectivity index (χ2n) is 9.48. The molecule has 0 fully saturated rings. The lowest BCUT2D eigenvalue weighted by Crippen LogP contribution is -2.47. The zero-order valence-electron chi connectivity index (χ0n) is 22.2. The van der Waals surface area contributed by atoms with E-state index in [0.29, 0.717) is 24.5 Å². The van der Waals surface area contributed by atoms with Gasteiger partial charge >= 0.3 is 0 Å². The largest absolute Gasteiger partial charge is 0.489 e. The molecule has 0 aliphatic heterocycles. The number of hydrazone groups is 1. The zero-order valence-corrected chi connectivity index (χ0v) is 22.2. The number of amides is 2. The Labute approximate surface area is 223 Å². The minimum absolute atomic E-state index is 0.178. The van der Waals surface area contributed by atoms with Crippen LogP contribution in [0.2, 0.25) is 0 Å². The van der Waals surface area contributed by atoms with Gasteiger partial charge in [-0.15, -0.1) is 0 Å². The van der Waals surface area contributed by atoms with Crippen molar-refractivity contribution in [3.8, 4) is 11.5 Å². The molecule has 38 heavy (non-hydrogen) atoms. The maximum atomic E-state index is 13.0. The van der Waals surface area contributed by atoms with Crippen molar-refractivity contribution < 1.29 is 23.5 Å². The molecule has 0 aliphatic rings. The fourth-order valence-corrected chi connectivity index (χ4v) is 3.75. The van der Waals surface area contributed by atoms with E-state index in [1.807, 2.05) is 45.9 Å². The van der Waals surface area contributed by atoms with Gasteiger partial charge in [-0.3, -0.25) is 9.59 Å². The molecule has 3 aromatic rings. The molecule has 1 atom stereocenters. The number of para-hydroxylation sites is 1. The second-order valence-corrected chi connectivity index (χ2v) is 9.48. The van der Waals surface area contributed by atoms with E-state index in [4.69, 9.17) is 9.47 Å². The van der Waals surface area contributed by atoms with Gasteiger partial charge in [-0.1, -0.05) is 44.2 Å². The summed E-state index contributed by atoms with van der Waals surface area (Å²) < 4.78 is 24.4. The molecule has 0 heterocycles. The van der Waals surface area contributed by atoms with Crippen molar-refractivity contribution in [2.45, 2.75) is 46.8 Å². The molecule has 200 valence electrons. The number of nitrogens with one attached hydrogen (secondary N) is 2. The summed E-state index contributed by atoms with van der Waals surface area (Å²) in [5.41, 5.74) is 6.01. The summed E-state index contributed by atoms with van der Waals surface area (Å²) in [6.45, 7) is 7.92. The maximum absolute atomic E-state index is 13.0. The van der Waals surface area contributed by atoms with Crippen LogP contribution in [0.4, 0.5) is 4.39 Å². The van der Waals surface area contributed by atoms with Crippen molar-refractivity contribution in [3.05, 3.63) is 94.8 Å². The van der Waals surface area contributed by atoms with Gasteiger partial charge < -0.3 is 14.8 Å². The molecule has 0 saturated carbocycles. The molecule has 0 saturated heterocycles. The fourth-order valence-electron chi connectivity index (χ4n) is 3.75. The minimum atomic E-state index is -0.747. The molecule has 0 spiro atoms. The highest BCUT2D eigenvalue weighted by Crippen LogP contribution is 2.22. The van der Waals surface area contributed by atoms with Gasteiger partial charge in [-0.05, 0) is 84.8 Å². The number of carbonyl (C=O) groups excluding carboxylic acids is 2. The summed E-state index contributed by atoms with van der Waals surface area (Å²) in [6.07, 6.45) is 1.97. The standard InChI is InChI=1S/C30H34FN3O4/c1-20(2)16-27(33-28(35)19-38-29-21(3)6-5-7-22(29)4)30(36)34-32-17-23-10-14-26(15-11-23)37-18-24-8-12-25(31)13-9-24/h5-15,17,20,27H,16,18-19H2,1-4H3,(H,33,35)(H,34,36)/b32-17-/t27-/m1/s1. The van der Waals surface area contributed by atoms with E-state index in [9.17, 15) is 14.0 Å². The Kier molecular flexibility index (Phi) is 10.4. The molecule has 2 N–H and O–H groups in total. The number of rotatable bonds is 12. The Hall–Kier alpha value is -4.20. The van der Waals surface area contributed by atoms with Gasteiger partial charge in [0.05, 0.1) is 6.21 Å². The monoisotopic (exact) mass is 519 g/mol. The Morgan fingerprint density at radius 3 is 2.24 bits per heavy atom. The van der Waals surface area contributed by atoms with E-state index in [2.05, 4.69) is 15.8 Å². The predicted molar refractivity (Wildman–Crippen MR) is 146 cm³/mol. The molecule has 2 amide bonds. The first-order valence-electron chi connectivity index (χ1n) is 12.5. The molecule has 0 aromatic heterocycles. The highest BCUT2D eigenvalue weighted by atomic mass is 19.1. The van der Waals surface area contributed by atoms with Crippen LogP contribution < -0.4 is 20.2 Å². The number of nitrogens with zero attached hydrogens (tertiary/aromatic N) is 1. The second kappa shape index (κ2) is 13.9. The van der Waals surface area contributed by atoms with Crippen molar-refractivity contribution in [1.29, 1.82) is 0 Å². The summed E-state index contributed by atoms with van der Waals surface area (Å²) in [5.74, 6) is 0.423. The van der Waals surface area contributed by atoms with Gasteiger partial charge in [0.2, 0.25) is 0 Å². The molecule has 3 rings (SSSR count). The van der Waals surface area contributed by atoms with Crippen molar-refractivity contribution in [3.63, 3.8) is 0 Å². The minimum Gasteiger partial charge on any atom is -0.489 e. The quantitative estimate of drug-likeness (QED) is 0.258. The molecule has 0 unspecified atom stereocenters. The zero-order chi connectivity index (χ0) is 27.5. The van der Waals surface area contributed by atoms with Crippen LogP contribution in [0.3, 0.4) is 0 Å². The van der Waals surface area contributed by atoms with E-state index in [1.165, 1.54) is 18.3 Å². The van der Waals surface area contributed by atoms with Gasteiger partial charge in [-0.25, -0.2) is 9.82 Å². The van der Waals surface area contributed by atoms with Crippen LogP contribution in [0.25, 0.3) is 0 Å². The lowest BCUT2D eigenvalue weighted by molar-refractivity contribution is -0.130. The van der Waals surface area contributed by atoms with E-state index >= 15 is 0 Å². The van der Waals surface area contributed by atoms with Crippen LogP contribution in [0.5, 0.6) is 11.5 Å². The summed E-state index contributed by atoms with van der Waals surface area (Å²) in [5, 5.41) is 6.80. The first-order valence-corrected chi connectivity index (χ1v) is 12.5.